The minimum Gasteiger partial charge on any atom is -0.309 e. The maximum atomic E-state index is 5.78. The summed E-state index contributed by atoms with van der Waals surface area (Å²) in [4.78, 5) is 0. The Labute approximate surface area is 163 Å². The topological polar surface area (TPSA) is 4.93 Å². The molecule has 0 aliphatic rings. The van der Waals surface area contributed by atoms with Gasteiger partial charge in [-0.2, -0.15) is 0 Å². The third-order valence-corrected chi connectivity index (χ3v) is 5.45. The number of nitrogens with zero attached hydrogens (tertiary/aromatic N) is 1. The molecule has 2 heteroatoms. The number of fused-ring (bicyclic) bond motifs is 2. The molecule has 1 heterocycles. The van der Waals surface area contributed by atoms with Crippen LogP contribution < -0.4 is 0 Å². The second kappa shape index (κ2) is 6.49. The van der Waals surface area contributed by atoms with Crippen LogP contribution in [0.1, 0.15) is 0 Å². The summed E-state index contributed by atoms with van der Waals surface area (Å²) < 4.78 is 3.22. The lowest BCUT2D eigenvalue weighted by atomic mass is 10.0. The average Bonchev–Trinajstić information content (AvgIpc) is 2.75. The van der Waals surface area contributed by atoms with Crippen LogP contribution in [0.15, 0.2) is 103 Å². The minimum atomic E-state index is 0.915. The molecule has 0 fully saturated rings. The number of pyridine rings is 1. The van der Waals surface area contributed by atoms with Crippen molar-refractivity contribution >= 4 is 34.0 Å². The Bertz CT molecular complexity index is 1260. The predicted octanol–water partition coefficient (Wildman–Crippen LogP) is 7.18. The first-order chi connectivity index (χ1) is 13.3. The zero-order valence-corrected chi connectivity index (χ0v) is 15.5. The summed E-state index contributed by atoms with van der Waals surface area (Å²) in [5.41, 5.74) is 5.84. The van der Waals surface area contributed by atoms with E-state index in [0.717, 1.165) is 32.0 Å². The summed E-state index contributed by atoms with van der Waals surface area (Å²) in [6, 6.07) is 35.9. The van der Waals surface area contributed by atoms with Crippen LogP contribution in [0.25, 0.3) is 38.6 Å². The van der Waals surface area contributed by atoms with Gasteiger partial charge in [0.2, 0.25) is 0 Å². The van der Waals surface area contributed by atoms with Crippen molar-refractivity contribution in [3.63, 3.8) is 0 Å². The van der Waals surface area contributed by atoms with Gasteiger partial charge >= 0.3 is 0 Å². The van der Waals surface area contributed by atoms with Crippen LogP contribution in [-0.2, 0) is 0 Å². The van der Waals surface area contributed by atoms with Gasteiger partial charge in [0.25, 0.3) is 0 Å². The van der Waals surface area contributed by atoms with Gasteiger partial charge in [0.1, 0.15) is 0 Å². The van der Waals surface area contributed by atoms with Gasteiger partial charge in [0.05, 0.1) is 15.5 Å². The largest absolute Gasteiger partial charge is 0.309 e. The summed E-state index contributed by atoms with van der Waals surface area (Å²) in [6.45, 7) is 0. The van der Waals surface area contributed by atoms with Crippen LogP contribution in [0.5, 0.6) is 0 Å². The van der Waals surface area contributed by atoms with Gasteiger partial charge in [-0.05, 0) is 35.4 Å². The molecule has 0 radical (unpaired) electrons. The molecule has 0 N–H and O–H groups in total. The fourth-order valence-electron chi connectivity index (χ4n) is 3.71. The lowest BCUT2D eigenvalue weighted by molar-refractivity contribution is 1.16. The molecule has 0 saturated carbocycles. The highest BCUT2D eigenvalue weighted by Crippen LogP contribution is 2.30. The van der Waals surface area contributed by atoms with E-state index in [9.17, 15) is 0 Å². The Kier molecular flexibility index (Phi) is 3.84. The standard InChI is InChI=1S/C25H17NS/c27-25-21-10-4-6-12-23(21)26(24-13-7-5-11-22(24)25)20-16-14-19(15-17-20)18-8-2-1-3-9-18/h1-17H. The number of para-hydroxylation sites is 2. The lowest BCUT2D eigenvalue weighted by Crippen LogP contribution is -2.00. The third-order valence-electron chi connectivity index (χ3n) is 5.01. The normalized spacial score (nSPS) is 11.1. The van der Waals surface area contributed by atoms with Crippen LogP contribution in [0.4, 0.5) is 0 Å². The minimum absolute atomic E-state index is 0.915. The summed E-state index contributed by atoms with van der Waals surface area (Å²) in [6.07, 6.45) is 0. The zero-order chi connectivity index (χ0) is 18.2. The predicted molar refractivity (Wildman–Crippen MR) is 117 cm³/mol. The fourth-order valence-corrected chi connectivity index (χ4v) is 4.05. The van der Waals surface area contributed by atoms with E-state index < -0.39 is 0 Å². The van der Waals surface area contributed by atoms with Gasteiger partial charge in [-0.25, -0.2) is 0 Å². The SMILES string of the molecule is S=c1c2ccccc2n(-c2ccc(-c3ccccc3)cc2)c2ccccc12. The average molecular weight is 363 g/mol. The molecule has 0 saturated heterocycles. The van der Waals surface area contributed by atoms with Crippen molar-refractivity contribution in [2.24, 2.45) is 0 Å². The van der Waals surface area contributed by atoms with Crippen molar-refractivity contribution in [3.8, 4) is 16.8 Å². The molecule has 0 bridgehead atoms. The quantitative estimate of drug-likeness (QED) is 0.237. The Morgan fingerprint density at radius 2 is 0.963 bits per heavy atom. The maximum Gasteiger partial charge on any atom is 0.0563 e. The third kappa shape index (κ3) is 2.66. The lowest BCUT2D eigenvalue weighted by Gasteiger charge is -2.16. The summed E-state index contributed by atoms with van der Waals surface area (Å²) in [7, 11) is 0. The van der Waals surface area contributed by atoms with Crippen LogP contribution >= 0.6 is 12.2 Å². The van der Waals surface area contributed by atoms with Crippen LogP contribution in [0.2, 0.25) is 0 Å². The van der Waals surface area contributed by atoms with E-state index in [1.54, 1.807) is 0 Å². The Balaban J connectivity index is 1.79. The molecule has 0 aliphatic carbocycles. The number of hydrogen-bond donors (Lipinski definition) is 0. The van der Waals surface area contributed by atoms with Gasteiger partial charge in [-0.1, -0.05) is 91.1 Å². The van der Waals surface area contributed by atoms with E-state index in [4.69, 9.17) is 12.2 Å². The van der Waals surface area contributed by atoms with Crippen molar-refractivity contribution in [2.45, 2.75) is 0 Å². The fraction of sp³-hybridized carbons (Fsp3) is 0. The van der Waals surface area contributed by atoms with E-state index in [1.807, 2.05) is 6.07 Å². The highest BCUT2D eigenvalue weighted by atomic mass is 32.1. The molecule has 5 aromatic rings. The molecule has 27 heavy (non-hydrogen) atoms. The highest BCUT2D eigenvalue weighted by Gasteiger charge is 2.09. The van der Waals surface area contributed by atoms with Crippen molar-refractivity contribution in [3.05, 3.63) is 108 Å². The van der Waals surface area contributed by atoms with Crippen LogP contribution in [0, 0.1) is 4.51 Å². The second-order valence-corrected chi connectivity index (χ2v) is 7.02. The molecule has 0 aliphatic heterocycles. The monoisotopic (exact) mass is 363 g/mol. The molecule has 128 valence electrons. The Morgan fingerprint density at radius 3 is 1.56 bits per heavy atom. The summed E-state index contributed by atoms with van der Waals surface area (Å²) >= 11 is 5.78. The first-order valence-electron chi connectivity index (χ1n) is 9.01. The van der Waals surface area contributed by atoms with Gasteiger partial charge in [-0.15, -0.1) is 0 Å². The number of rotatable bonds is 2. The van der Waals surface area contributed by atoms with Crippen molar-refractivity contribution in [1.29, 1.82) is 0 Å². The molecule has 0 amide bonds. The molecule has 1 nitrogen and oxygen atoms in total. The molecule has 0 spiro atoms. The van der Waals surface area contributed by atoms with Crippen molar-refractivity contribution < 1.29 is 0 Å². The molecule has 5 rings (SSSR count). The molecule has 0 atom stereocenters. The van der Waals surface area contributed by atoms with E-state index >= 15 is 0 Å². The first-order valence-corrected chi connectivity index (χ1v) is 9.42. The first kappa shape index (κ1) is 16.0. The van der Waals surface area contributed by atoms with Crippen molar-refractivity contribution in [2.75, 3.05) is 0 Å². The molecule has 4 aromatic carbocycles. The maximum absolute atomic E-state index is 5.78. The van der Waals surface area contributed by atoms with Gasteiger partial charge < -0.3 is 4.57 Å². The molecular formula is C25H17NS. The zero-order valence-electron chi connectivity index (χ0n) is 14.7. The second-order valence-electron chi connectivity index (χ2n) is 6.61. The highest BCUT2D eigenvalue weighted by molar-refractivity contribution is 7.72. The van der Waals surface area contributed by atoms with E-state index in [-0.39, 0.29) is 0 Å². The smallest absolute Gasteiger partial charge is 0.0563 e. The van der Waals surface area contributed by atoms with Crippen LogP contribution in [-0.4, -0.2) is 4.57 Å². The Morgan fingerprint density at radius 1 is 0.481 bits per heavy atom. The number of benzene rings is 4. The molecule has 1 aromatic heterocycles. The van der Waals surface area contributed by atoms with Crippen LogP contribution in [0.3, 0.4) is 0 Å². The molecular weight excluding hydrogens is 346 g/mol. The van der Waals surface area contributed by atoms with Gasteiger partial charge in [0.15, 0.2) is 0 Å². The number of hydrogen-bond acceptors (Lipinski definition) is 1. The molecule has 0 unspecified atom stereocenters. The Hall–Kier alpha value is -3.23. The number of aromatic nitrogens is 1. The van der Waals surface area contributed by atoms with E-state index in [2.05, 4.69) is 102 Å². The van der Waals surface area contributed by atoms with Gasteiger partial charge in [0, 0.05) is 16.5 Å². The summed E-state index contributed by atoms with van der Waals surface area (Å²) in [5.74, 6) is 0. The van der Waals surface area contributed by atoms with E-state index in [0.29, 0.717) is 0 Å². The van der Waals surface area contributed by atoms with Crippen molar-refractivity contribution in [1.82, 2.24) is 4.57 Å². The van der Waals surface area contributed by atoms with Gasteiger partial charge in [-0.3, -0.25) is 0 Å². The summed E-state index contributed by atoms with van der Waals surface area (Å²) in [5, 5.41) is 2.22. The van der Waals surface area contributed by atoms with E-state index in [1.165, 1.54) is 11.1 Å².